The van der Waals surface area contributed by atoms with Crippen molar-refractivity contribution in [1.82, 2.24) is 0 Å². The number of rotatable bonds is 2. The molecule has 0 heterocycles. The lowest BCUT2D eigenvalue weighted by molar-refractivity contribution is 1.12. The summed E-state index contributed by atoms with van der Waals surface area (Å²) in [4.78, 5) is 1.62. The van der Waals surface area contributed by atoms with E-state index in [2.05, 4.69) is 5.11 Å². The van der Waals surface area contributed by atoms with Crippen LogP contribution in [0, 0.1) is 10.9 Å². The van der Waals surface area contributed by atoms with Crippen molar-refractivity contribution in [2.45, 2.75) is 0 Å². The molecule has 2 aromatic carbocycles. The van der Waals surface area contributed by atoms with Crippen molar-refractivity contribution in [3.63, 3.8) is 0 Å². The second-order valence-corrected chi connectivity index (χ2v) is 3.44. The Morgan fingerprint density at radius 3 is 1.59 bits per heavy atom. The zero-order valence-corrected chi connectivity index (χ0v) is 9.17. The fourth-order valence-corrected chi connectivity index (χ4v) is 1.60. The zero-order chi connectivity index (χ0) is 12.1. The number of guanidine groups is 1. The fourth-order valence-electron chi connectivity index (χ4n) is 1.60. The van der Waals surface area contributed by atoms with Gasteiger partial charge < -0.3 is 0 Å². The minimum atomic E-state index is -0.109. The second-order valence-electron chi connectivity index (χ2n) is 3.44. The summed E-state index contributed by atoms with van der Waals surface area (Å²) in [6.45, 7) is 0. The number of hydrogen-bond acceptors (Lipinski definition) is 2. The van der Waals surface area contributed by atoms with E-state index in [0.29, 0.717) is 0 Å². The average Bonchev–Trinajstić information content (AvgIpc) is 2.41. The van der Waals surface area contributed by atoms with Gasteiger partial charge in [0.15, 0.2) is 0 Å². The van der Waals surface area contributed by atoms with Gasteiger partial charge in [-0.2, -0.15) is 0 Å². The summed E-state index contributed by atoms with van der Waals surface area (Å²) < 4.78 is 0. The molecule has 0 aliphatic heterocycles. The van der Waals surface area contributed by atoms with Crippen molar-refractivity contribution in [3.05, 3.63) is 60.7 Å². The molecule has 2 rings (SSSR count). The lowest BCUT2D eigenvalue weighted by Crippen LogP contribution is -2.22. The summed E-state index contributed by atoms with van der Waals surface area (Å²) in [5.74, 6) is -0.109. The molecule has 2 N–H and O–H groups in total. The molecule has 17 heavy (non-hydrogen) atoms. The van der Waals surface area contributed by atoms with Crippen molar-refractivity contribution in [3.8, 4) is 0 Å². The molecule has 0 saturated carbocycles. The smallest absolute Gasteiger partial charge is 0.246 e. The molecule has 4 heteroatoms. The molecule has 0 aromatic heterocycles. The quantitative estimate of drug-likeness (QED) is 0.455. The van der Waals surface area contributed by atoms with Crippen molar-refractivity contribution in [1.29, 1.82) is 10.9 Å². The van der Waals surface area contributed by atoms with Gasteiger partial charge in [0.25, 0.3) is 0 Å². The molecule has 0 saturated heterocycles. The summed E-state index contributed by atoms with van der Waals surface area (Å²) in [5.41, 5.74) is 8.63. The van der Waals surface area contributed by atoms with Crippen LogP contribution in [0.2, 0.25) is 0 Å². The standard InChI is InChI=1S/C13H12N4/c14-13(16-15)17(11-7-3-1-4-8-11)12-9-5-2-6-10-12/h1-10,14-15H. The maximum atomic E-state index is 7.74. The summed E-state index contributed by atoms with van der Waals surface area (Å²) >= 11 is 0. The lowest BCUT2D eigenvalue weighted by Gasteiger charge is -2.21. The Morgan fingerprint density at radius 1 is 0.824 bits per heavy atom. The number of nitrogens with zero attached hydrogens (tertiary/aromatic N) is 2. The van der Waals surface area contributed by atoms with E-state index in [1.807, 2.05) is 60.7 Å². The number of para-hydroxylation sites is 2. The van der Waals surface area contributed by atoms with Crippen LogP contribution in [0.1, 0.15) is 0 Å². The number of nitrogens with one attached hydrogen (secondary N) is 2. The number of anilines is 2. The van der Waals surface area contributed by atoms with Crippen LogP contribution < -0.4 is 4.90 Å². The van der Waals surface area contributed by atoms with Crippen LogP contribution in [0.5, 0.6) is 0 Å². The van der Waals surface area contributed by atoms with Gasteiger partial charge in [-0.3, -0.25) is 10.3 Å². The topological polar surface area (TPSA) is 63.3 Å². The van der Waals surface area contributed by atoms with E-state index >= 15 is 0 Å². The molecule has 0 radical (unpaired) electrons. The Labute approximate surface area is 99.5 Å². The summed E-state index contributed by atoms with van der Waals surface area (Å²) in [7, 11) is 0. The van der Waals surface area contributed by atoms with Crippen LogP contribution in [-0.2, 0) is 0 Å². The Hall–Kier alpha value is -2.49. The van der Waals surface area contributed by atoms with Gasteiger partial charge in [0, 0.05) is 11.4 Å². The molecule has 84 valence electrons. The molecule has 0 aliphatic carbocycles. The molecule has 0 amide bonds. The van der Waals surface area contributed by atoms with Crippen molar-refractivity contribution < 1.29 is 0 Å². The average molecular weight is 224 g/mol. The highest BCUT2D eigenvalue weighted by Gasteiger charge is 2.13. The minimum absolute atomic E-state index is 0.109. The predicted octanol–water partition coefficient (Wildman–Crippen LogP) is 3.79. The third-order valence-corrected chi connectivity index (χ3v) is 2.35. The van der Waals surface area contributed by atoms with E-state index in [0.717, 1.165) is 11.4 Å². The van der Waals surface area contributed by atoms with E-state index in [-0.39, 0.29) is 5.96 Å². The molecule has 4 nitrogen and oxygen atoms in total. The maximum Gasteiger partial charge on any atom is 0.246 e. The molecular weight excluding hydrogens is 212 g/mol. The third-order valence-electron chi connectivity index (χ3n) is 2.35. The molecule has 0 bridgehead atoms. The summed E-state index contributed by atoms with van der Waals surface area (Å²) in [6.07, 6.45) is 0. The summed E-state index contributed by atoms with van der Waals surface area (Å²) in [5, 5.41) is 10.9. The van der Waals surface area contributed by atoms with Gasteiger partial charge in [-0.1, -0.05) is 36.4 Å². The van der Waals surface area contributed by atoms with Crippen molar-refractivity contribution in [2.24, 2.45) is 5.11 Å². The lowest BCUT2D eigenvalue weighted by atomic mass is 10.2. The van der Waals surface area contributed by atoms with Gasteiger partial charge in [0.1, 0.15) is 0 Å². The molecule has 0 atom stereocenters. The van der Waals surface area contributed by atoms with Crippen molar-refractivity contribution in [2.75, 3.05) is 4.90 Å². The van der Waals surface area contributed by atoms with E-state index in [4.69, 9.17) is 10.9 Å². The molecule has 0 fully saturated rings. The van der Waals surface area contributed by atoms with Crippen LogP contribution in [-0.4, -0.2) is 5.96 Å². The monoisotopic (exact) mass is 224 g/mol. The Kier molecular flexibility index (Phi) is 3.25. The van der Waals surface area contributed by atoms with Crippen LogP contribution in [0.25, 0.3) is 0 Å². The number of hydrogen-bond donors (Lipinski definition) is 2. The van der Waals surface area contributed by atoms with Crippen LogP contribution in [0.3, 0.4) is 0 Å². The highest BCUT2D eigenvalue weighted by molar-refractivity contribution is 6.00. The molecule has 0 aliphatic rings. The highest BCUT2D eigenvalue weighted by atomic mass is 15.3. The van der Waals surface area contributed by atoms with E-state index < -0.39 is 0 Å². The number of benzene rings is 2. The van der Waals surface area contributed by atoms with Crippen molar-refractivity contribution >= 4 is 17.3 Å². The Morgan fingerprint density at radius 2 is 1.24 bits per heavy atom. The van der Waals surface area contributed by atoms with Crippen LogP contribution in [0.15, 0.2) is 65.8 Å². The Bertz CT molecular complexity index is 468. The molecule has 0 unspecified atom stereocenters. The van der Waals surface area contributed by atoms with Gasteiger partial charge in [-0.25, -0.2) is 5.53 Å². The van der Waals surface area contributed by atoms with Crippen LogP contribution in [0.4, 0.5) is 11.4 Å². The first-order valence-corrected chi connectivity index (χ1v) is 5.19. The highest BCUT2D eigenvalue weighted by Crippen LogP contribution is 2.25. The predicted molar refractivity (Wildman–Crippen MR) is 67.9 cm³/mol. The van der Waals surface area contributed by atoms with Crippen LogP contribution >= 0.6 is 0 Å². The SMILES string of the molecule is N=NC(=N)N(c1ccccc1)c1ccccc1. The fraction of sp³-hybridized carbons (Fsp3) is 0. The van der Waals surface area contributed by atoms with E-state index in [9.17, 15) is 0 Å². The first kappa shape index (κ1) is 11.0. The first-order valence-electron chi connectivity index (χ1n) is 5.19. The van der Waals surface area contributed by atoms with Gasteiger partial charge in [0.2, 0.25) is 5.96 Å². The molecular formula is C13H12N4. The minimum Gasteiger partial charge on any atom is -0.278 e. The van der Waals surface area contributed by atoms with Gasteiger partial charge in [-0.05, 0) is 24.3 Å². The van der Waals surface area contributed by atoms with Gasteiger partial charge in [-0.15, -0.1) is 5.11 Å². The Balaban J connectivity index is 2.47. The normalized spacial score (nSPS) is 9.65. The summed E-state index contributed by atoms with van der Waals surface area (Å²) in [6, 6.07) is 18.9. The van der Waals surface area contributed by atoms with E-state index in [1.165, 1.54) is 0 Å². The maximum absolute atomic E-state index is 7.74. The van der Waals surface area contributed by atoms with E-state index in [1.54, 1.807) is 4.90 Å². The van der Waals surface area contributed by atoms with Gasteiger partial charge in [0.05, 0.1) is 0 Å². The molecule has 0 spiro atoms. The second kappa shape index (κ2) is 5.03. The van der Waals surface area contributed by atoms with Gasteiger partial charge >= 0.3 is 0 Å². The molecule has 2 aromatic rings. The largest absolute Gasteiger partial charge is 0.278 e. The third kappa shape index (κ3) is 2.36. The first-order chi connectivity index (χ1) is 8.33. The zero-order valence-electron chi connectivity index (χ0n) is 9.17.